The van der Waals surface area contributed by atoms with Gasteiger partial charge in [0.05, 0.1) is 22.3 Å². The van der Waals surface area contributed by atoms with Crippen molar-refractivity contribution in [2.75, 3.05) is 5.32 Å². The second-order valence-electron chi connectivity index (χ2n) is 9.80. The van der Waals surface area contributed by atoms with E-state index >= 15 is 0 Å². The molecule has 2 heterocycles. The summed E-state index contributed by atoms with van der Waals surface area (Å²) in [5, 5.41) is 26.4. The van der Waals surface area contributed by atoms with Gasteiger partial charge in [0.15, 0.2) is 5.75 Å². The molecule has 0 saturated heterocycles. The van der Waals surface area contributed by atoms with Crippen molar-refractivity contribution in [3.63, 3.8) is 0 Å². The van der Waals surface area contributed by atoms with Gasteiger partial charge in [-0.3, -0.25) is 4.79 Å². The number of para-hydroxylation sites is 1. The Morgan fingerprint density at radius 2 is 1.59 bits per heavy atom. The SMILES string of the molecule is CCn1c2ccccc2c2cc(NC(=O)c3cc4ccccc4c(N=Nc4ccc5[nH]c(=O)[nH]c5c4)c3O)ccc21. The average molecular weight is 541 g/mol. The molecule has 0 fully saturated rings. The van der Waals surface area contributed by atoms with E-state index in [-0.39, 0.29) is 22.7 Å². The van der Waals surface area contributed by atoms with Crippen molar-refractivity contribution in [2.24, 2.45) is 10.2 Å². The number of rotatable bonds is 5. The number of hydrogen-bond acceptors (Lipinski definition) is 5. The minimum Gasteiger partial charge on any atom is -0.505 e. The van der Waals surface area contributed by atoms with Crippen LogP contribution in [-0.2, 0) is 6.54 Å². The van der Waals surface area contributed by atoms with Gasteiger partial charge in [-0.05, 0) is 60.8 Å². The Labute approximate surface area is 232 Å². The standard InChI is InChI=1S/C32H24N6O3/c1-2-38-27-10-6-5-9-22(27)23-16-19(12-14-28(23)38)33-31(40)24-15-18-7-3-4-8-21(18)29(30(24)39)37-36-20-11-13-25-26(17-20)35-32(41)34-25/h3-17,39H,2H2,1H3,(H,33,40)(H2,34,35,41). The molecule has 0 spiro atoms. The summed E-state index contributed by atoms with van der Waals surface area (Å²) in [4.78, 5) is 30.5. The molecule has 200 valence electrons. The summed E-state index contributed by atoms with van der Waals surface area (Å²) >= 11 is 0. The number of aromatic amines is 2. The first-order valence-electron chi connectivity index (χ1n) is 13.2. The first-order chi connectivity index (χ1) is 20.0. The maximum atomic E-state index is 13.5. The van der Waals surface area contributed by atoms with Crippen molar-refractivity contribution < 1.29 is 9.90 Å². The fourth-order valence-corrected chi connectivity index (χ4v) is 5.45. The van der Waals surface area contributed by atoms with E-state index in [1.165, 1.54) is 0 Å². The number of amides is 1. The molecule has 0 saturated carbocycles. The van der Waals surface area contributed by atoms with Crippen LogP contribution in [0.5, 0.6) is 5.75 Å². The molecule has 0 radical (unpaired) electrons. The second-order valence-corrected chi connectivity index (χ2v) is 9.80. The number of anilines is 1. The highest BCUT2D eigenvalue weighted by Gasteiger charge is 2.19. The third kappa shape index (κ3) is 4.11. The van der Waals surface area contributed by atoms with E-state index in [4.69, 9.17) is 0 Å². The molecule has 0 aliphatic carbocycles. The molecular formula is C32H24N6O3. The summed E-state index contributed by atoms with van der Waals surface area (Å²) in [5.74, 6) is -0.737. The molecular weight excluding hydrogens is 516 g/mol. The van der Waals surface area contributed by atoms with E-state index in [9.17, 15) is 14.7 Å². The third-order valence-corrected chi connectivity index (χ3v) is 7.35. The zero-order valence-corrected chi connectivity index (χ0v) is 22.0. The van der Waals surface area contributed by atoms with Gasteiger partial charge in [-0.2, -0.15) is 5.11 Å². The molecule has 7 rings (SSSR count). The minimum absolute atomic E-state index is 0.0825. The molecule has 0 unspecified atom stereocenters. The normalized spacial score (nSPS) is 11.8. The molecule has 7 aromatic rings. The zero-order chi connectivity index (χ0) is 28.1. The van der Waals surface area contributed by atoms with Crippen molar-refractivity contribution in [1.29, 1.82) is 0 Å². The molecule has 0 atom stereocenters. The van der Waals surface area contributed by atoms with Crippen LogP contribution in [0.25, 0.3) is 43.6 Å². The number of phenolic OH excluding ortho intramolecular Hbond substituents is 1. The van der Waals surface area contributed by atoms with Gasteiger partial charge in [0.25, 0.3) is 5.91 Å². The zero-order valence-electron chi connectivity index (χ0n) is 22.0. The number of aryl methyl sites for hydroxylation is 1. The van der Waals surface area contributed by atoms with Crippen LogP contribution in [-0.4, -0.2) is 25.5 Å². The lowest BCUT2D eigenvalue weighted by molar-refractivity contribution is 0.102. The topological polar surface area (TPSA) is 128 Å². The monoisotopic (exact) mass is 540 g/mol. The summed E-state index contributed by atoms with van der Waals surface area (Å²) < 4.78 is 2.24. The summed E-state index contributed by atoms with van der Waals surface area (Å²) in [6, 6.07) is 28.1. The van der Waals surface area contributed by atoms with Crippen molar-refractivity contribution in [1.82, 2.24) is 14.5 Å². The lowest BCUT2D eigenvalue weighted by Gasteiger charge is -2.11. The van der Waals surface area contributed by atoms with Gasteiger partial charge in [0, 0.05) is 39.4 Å². The van der Waals surface area contributed by atoms with Crippen LogP contribution in [0, 0.1) is 0 Å². The fourth-order valence-electron chi connectivity index (χ4n) is 5.45. The Bertz CT molecular complexity index is 2240. The summed E-state index contributed by atoms with van der Waals surface area (Å²) in [6.45, 7) is 2.94. The van der Waals surface area contributed by atoms with Crippen molar-refractivity contribution >= 4 is 66.6 Å². The highest BCUT2D eigenvalue weighted by atomic mass is 16.3. The third-order valence-electron chi connectivity index (χ3n) is 7.35. The first-order valence-corrected chi connectivity index (χ1v) is 13.2. The quantitative estimate of drug-likeness (QED) is 0.169. The second kappa shape index (κ2) is 9.49. The van der Waals surface area contributed by atoms with E-state index in [1.54, 1.807) is 24.3 Å². The number of aromatic nitrogens is 3. The van der Waals surface area contributed by atoms with Gasteiger partial charge in [-0.15, -0.1) is 5.11 Å². The van der Waals surface area contributed by atoms with Crippen LogP contribution in [0.4, 0.5) is 17.1 Å². The van der Waals surface area contributed by atoms with Gasteiger partial charge in [-0.25, -0.2) is 4.79 Å². The smallest absolute Gasteiger partial charge is 0.323 e. The number of fused-ring (bicyclic) bond motifs is 5. The first kappa shape index (κ1) is 24.3. The molecule has 5 aromatic carbocycles. The number of phenols is 1. The summed E-state index contributed by atoms with van der Waals surface area (Å²) in [6.07, 6.45) is 0. The predicted molar refractivity (Wildman–Crippen MR) is 162 cm³/mol. The largest absolute Gasteiger partial charge is 0.505 e. The highest BCUT2D eigenvalue weighted by molar-refractivity contribution is 6.14. The number of carbonyl (C=O) groups is 1. The molecule has 0 bridgehead atoms. The molecule has 41 heavy (non-hydrogen) atoms. The summed E-state index contributed by atoms with van der Waals surface area (Å²) in [7, 11) is 0. The maximum Gasteiger partial charge on any atom is 0.323 e. The number of benzene rings is 5. The number of nitrogens with one attached hydrogen (secondary N) is 3. The lowest BCUT2D eigenvalue weighted by atomic mass is 10.0. The maximum absolute atomic E-state index is 13.5. The van der Waals surface area contributed by atoms with Crippen LogP contribution in [0.2, 0.25) is 0 Å². The lowest BCUT2D eigenvalue weighted by Crippen LogP contribution is -2.12. The highest BCUT2D eigenvalue weighted by Crippen LogP contribution is 2.40. The van der Waals surface area contributed by atoms with Crippen LogP contribution in [0.3, 0.4) is 0 Å². The number of aromatic hydroxyl groups is 1. The van der Waals surface area contributed by atoms with Crippen LogP contribution >= 0.6 is 0 Å². The minimum atomic E-state index is -0.463. The number of azo groups is 1. The molecule has 2 aromatic heterocycles. The van der Waals surface area contributed by atoms with Gasteiger partial charge in [-0.1, -0.05) is 42.5 Å². The van der Waals surface area contributed by atoms with Gasteiger partial charge in [0.2, 0.25) is 0 Å². The Kier molecular flexibility index (Phi) is 5.64. The Hall–Kier alpha value is -5.70. The van der Waals surface area contributed by atoms with Crippen molar-refractivity contribution in [2.45, 2.75) is 13.5 Å². The van der Waals surface area contributed by atoms with Gasteiger partial charge < -0.3 is 25.0 Å². The summed E-state index contributed by atoms with van der Waals surface area (Å²) in [5.41, 5.74) is 4.51. The van der Waals surface area contributed by atoms with Gasteiger partial charge >= 0.3 is 5.69 Å². The average Bonchev–Trinajstić information content (AvgIpc) is 3.52. The number of nitrogens with zero attached hydrogens (tertiary/aromatic N) is 3. The Morgan fingerprint density at radius 3 is 2.44 bits per heavy atom. The van der Waals surface area contributed by atoms with Crippen LogP contribution < -0.4 is 11.0 Å². The number of H-pyrrole nitrogens is 2. The van der Waals surface area contributed by atoms with E-state index in [0.29, 0.717) is 27.8 Å². The molecule has 0 aliphatic rings. The van der Waals surface area contributed by atoms with Crippen LogP contribution in [0.1, 0.15) is 17.3 Å². The van der Waals surface area contributed by atoms with E-state index in [0.717, 1.165) is 33.7 Å². The molecule has 0 aliphatic heterocycles. The fraction of sp³-hybridized carbons (Fsp3) is 0.0625. The molecule has 4 N–H and O–H groups in total. The van der Waals surface area contributed by atoms with E-state index < -0.39 is 5.91 Å². The van der Waals surface area contributed by atoms with Crippen molar-refractivity contribution in [3.05, 3.63) is 107 Å². The molecule has 9 nitrogen and oxygen atoms in total. The Morgan fingerprint density at radius 1 is 0.829 bits per heavy atom. The Balaban J connectivity index is 1.27. The molecule has 1 amide bonds. The van der Waals surface area contributed by atoms with Crippen molar-refractivity contribution in [3.8, 4) is 5.75 Å². The number of imidazole rings is 1. The number of hydrogen-bond donors (Lipinski definition) is 4. The molecule has 9 heteroatoms. The number of carbonyl (C=O) groups excluding carboxylic acids is 1. The van der Waals surface area contributed by atoms with E-state index in [1.807, 2.05) is 54.6 Å². The van der Waals surface area contributed by atoms with Gasteiger partial charge in [0.1, 0.15) is 5.69 Å². The predicted octanol–water partition coefficient (Wildman–Crippen LogP) is 7.51. The van der Waals surface area contributed by atoms with E-state index in [2.05, 4.69) is 49.1 Å². The van der Waals surface area contributed by atoms with Crippen LogP contribution in [0.15, 0.2) is 106 Å².